The summed E-state index contributed by atoms with van der Waals surface area (Å²) >= 11 is 12.1. The van der Waals surface area contributed by atoms with E-state index in [1.54, 1.807) is 20.8 Å². The van der Waals surface area contributed by atoms with Crippen molar-refractivity contribution >= 4 is 46.7 Å². The highest BCUT2D eigenvalue weighted by Crippen LogP contribution is 2.65. The van der Waals surface area contributed by atoms with Gasteiger partial charge in [0.2, 0.25) is 0 Å². The van der Waals surface area contributed by atoms with Crippen LogP contribution in [0.1, 0.15) is 54.4 Å². The summed E-state index contributed by atoms with van der Waals surface area (Å²) in [7, 11) is 0. The molecular weight excluding hydrogens is 427 g/mol. The van der Waals surface area contributed by atoms with Crippen LogP contribution in [0, 0.1) is 22.7 Å². The van der Waals surface area contributed by atoms with Gasteiger partial charge in [-0.05, 0) is 63.1 Å². The molecule has 2 bridgehead atoms. The SMILES string of the molecule is CC(C)(C)OC(=O)N(Nc1cc(Cl)cc(Cl)c1)C(=O)C1C(=O)[C@]2(C)CC[C@H]1C2(C)C. The Kier molecular flexibility index (Phi) is 5.66. The van der Waals surface area contributed by atoms with Gasteiger partial charge in [0.15, 0.2) is 5.78 Å². The summed E-state index contributed by atoms with van der Waals surface area (Å²) in [6, 6.07) is 4.61. The molecule has 2 amide bonds. The number of nitrogens with one attached hydrogen (secondary N) is 1. The van der Waals surface area contributed by atoms with Crippen LogP contribution in [-0.4, -0.2) is 28.4 Å². The van der Waals surface area contributed by atoms with E-state index in [0.29, 0.717) is 15.7 Å². The van der Waals surface area contributed by atoms with Gasteiger partial charge in [-0.3, -0.25) is 15.0 Å². The Hall–Kier alpha value is -1.79. The molecule has 0 radical (unpaired) electrons. The Bertz CT molecular complexity index is 889. The van der Waals surface area contributed by atoms with Crippen LogP contribution in [0.3, 0.4) is 0 Å². The second-order valence-corrected chi connectivity index (χ2v) is 10.8. The zero-order valence-electron chi connectivity index (χ0n) is 18.1. The molecule has 8 heteroatoms. The normalized spacial score (nSPS) is 27.1. The molecule has 3 atom stereocenters. The summed E-state index contributed by atoms with van der Waals surface area (Å²) in [5, 5.41) is 1.47. The van der Waals surface area contributed by atoms with Crippen LogP contribution in [0.4, 0.5) is 10.5 Å². The molecule has 0 spiro atoms. The minimum atomic E-state index is -0.909. The van der Waals surface area contributed by atoms with Crippen LogP contribution < -0.4 is 5.43 Å². The number of hydrogen-bond acceptors (Lipinski definition) is 5. The average Bonchev–Trinajstić information content (AvgIpc) is 2.89. The second kappa shape index (κ2) is 7.41. The first kappa shape index (κ1) is 22.9. The first-order valence-electron chi connectivity index (χ1n) is 10.0. The Morgan fingerprint density at radius 3 is 2.17 bits per heavy atom. The van der Waals surface area contributed by atoms with Gasteiger partial charge in [0.1, 0.15) is 11.5 Å². The Balaban J connectivity index is 1.97. The van der Waals surface area contributed by atoms with Crippen LogP contribution in [0.5, 0.6) is 0 Å². The first-order valence-corrected chi connectivity index (χ1v) is 10.8. The van der Waals surface area contributed by atoms with Gasteiger partial charge in [0.05, 0.1) is 5.69 Å². The van der Waals surface area contributed by atoms with Gasteiger partial charge in [-0.15, -0.1) is 0 Å². The fourth-order valence-corrected chi connectivity index (χ4v) is 5.28. The van der Waals surface area contributed by atoms with E-state index in [-0.39, 0.29) is 17.1 Å². The third-order valence-corrected chi connectivity index (χ3v) is 7.14. The monoisotopic (exact) mass is 454 g/mol. The number of ether oxygens (including phenoxy) is 1. The van der Waals surface area contributed by atoms with Crippen LogP contribution in [0.15, 0.2) is 18.2 Å². The Morgan fingerprint density at radius 1 is 1.13 bits per heavy atom. The number of nitrogens with zero attached hydrogens (tertiary/aromatic N) is 1. The number of halogens is 2. The van der Waals surface area contributed by atoms with Gasteiger partial charge in [-0.25, -0.2) is 4.79 Å². The number of Topliss-reactive ketones (excluding diaryl/α,β-unsaturated/α-hetero) is 1. The largest absolute Gasteiger partial charge is 0.442 e. The zero-order chi connectivity index (χ0) is 22.6. The molecular formula is C22H28Cl2N2O4. The quantitative estimate of drug-likeness (QED) is 0.466. The van der Waals surface area contributed by atoms with Crippen molar-refractivity contribution in [1.29, 1.82) is 0 Å². The van der Waals surface area contributed by atoms with Gasteiger partial charge in [0.25, 0.3) is 5.91 Å². The molecule has 30 heavy (non-hydrogen) atoms. The molecule has 1 N–H and O–H groups in total. The van der Waals surface area contributed by atoms with Crippen molar-refractivity contribution in [2.75, 3.05) is 5.43 Å². The van der Waals surface area contributed by atoms with Crippen molar-refractivity contribution in [3.8, 4) is 0 Å². The van der Waals surface area contributed by atoms with Gasteiger partial charge >= 0.3 is 6.09 Å². The van der Waals surface area contributed by atoms with Crippen LogP contribution in [-0.2, 0) is 14.3 Å². The lowest BCUT2D eigenvalue weighted by Gasteiger charge is -2.32. The summed E-state index contributed by atoms with van der Waals surface area (Å²) in [5.74, 6) is -1.79. The number of hydrazine groups is 1. The highest BCUT2D eigenvalue weighted by molar-refractivity contribution is 6.35. The van der Waals surface area contributed by atoms with E-state index in [1.165, 1.54) is 18.2 Å². The third-order valence-electron chi connectivity index (χ3n) is 6.70. The third kappa shape index (κ3) is 3.80. The number of carbonyl (C=O) groups excluding carboxylic acids is 3. The number of ketones is 1. The predicted molar refractivity (Wildman–Crippen MR) is 116 cm³/mol. The van der Waals surface area contributed by atoms with Gasteiger partial charge < -0.3 is 4.74 Å². The maximum absolute atomic E-state index is 13.6. The van der Waals surface area contributed by atoms with Crippen molar-refractivity contribution in [2.45, 2.75) is 60.0 Å². The molecule has 164 valence electrons. The summed E-state index contributed by atoms with van der Waals surface area (Å²) in [6.45, 7) is 11.1. The smallest absolute Gasteiger partial charge is 0.436 e. The lowest BCUT2D eigenvalue weighted by atomic mass is 9.70. The van der Waals surface area contributed by atoms with E-state index in [1.807, 2.05) is 20.8 Å². The van der Waals surface area contributed by atoms with Gasteiger partial charge in [0, 0.05) is 15.5 Å². The molecule has 0 saturated heterocycles. The molecule has 0 aliphatic heterocycles. The number of fused-ring (bicyclic) bond motifs is 2. The van der Waals surface area contributed by atoms with Crippen LogP contribution in [0.2, 0.25) is 10.0 Å². The van der Waals surface area contributed by atoms with E-state index < -0.39 is 28.9 Å². The average molecular weight is 455 g/mol. The summed E-state index contributed by atoms with van der Waals surface area (Å²) < 4.78 is 5.43. The van der Waals surface area contributed by atoms with Crippen LogP contribution >= 0.6 is 23.2 Å². The Labute approximate surface area is 187 Å². The maximum atomic E-state index is 13.6. The summed E-state index contributed by atoms with van der Waals surface area (Å²) in [5.41, 5.74) is 1.37. The molecule has 2 saturated carbocycles. The minimum absolute atomic E-state index is 0.117. The van der Waals surface area contributed by atoms with Gasteiger partial charge in [-0.2, -0.15) is 5.01 Å². The Morgan fingerprint density at radius 2 is 1.70 bits per heavy atom. The molecule has 2 aliphatic rings. The molecule has 2 aliphatic carbocycles. The van der Waals surface area contributed by atoms with Crippen molar-refractivity contribution < 1.29 is 19.1 Å². The fourth-order valence-electron chi connectivity index (χ4n) is 4.76. The van der Waals surface area contributed by atoms with E-state index >= 15 is 0 Å². The van der Waals surface area contributed by atoms with E-state index in [4.69, 9.17) is 27.9 Å². The van der Waals surface area contributed by atoms with Crippen molar-refractivity contribution in [1.82, 2.24) is 5.01 Å². The summed E-state index contributed by atoms with van der Waals surface area (Å²) in [4.78, 5) is 39.7. The van der Waals surface area contributed by atoms with Crippen LogP contribution in [0.25, 0.3) is 0 Å². The number of carbonyl (C=O) groups is 3. The number of hydrogen-bond donors (Lipinski definition) is 1. The number of amides is 2. The van der Waals surface area contributed by atoms with E-state index in [2.05, 4.69) is 5.43 Å². The zero-order valence-corrected chi connectivity index (χ0v) is 19.6. The highest BCUT2D eigenvalue weighted by Gasteiger charge is 2.68. The lowest BCUT2D eigenvalue weighted by Crippen LogP contribution is -2.50. The molecule has 1 aromatic carbocycles. The second-order valence-electron chi connectivity index (χ2n) is 9.96. The molecule has 3 rings (SSSR count). The fraction of sp³-hybridized carbons (Fsp3) is 0.591. The topological polar surface area (TPSA) is 75.7 Å². The number of anilines is 1. The minimum Gasteiger partial charge on any atom is -0.442 e. The lowest BCUT2D eigenvalue weighted by molar-refractivity contribution is -0.143. The molecule has 1 unspecified atom stereocenters. The standard InChI is InChI=1S/C22H28Cl2N2O4/c1-20(2,3)30-19(29)26(25-14-10-12(23)9-13(24)11-14)18(28)16-15-7-8-22(6,17(16)27)21(15,4)5/h9-11,15-16,25H,7-8H2,1-6H3/t15-,16?,22+/m1/s1. The highest BCUT2D eigenvalue weighted by atomic mass is 35.5. The molecule has 0 heterocycles. The molecule has 2 fully saturated rings. The molecule has 0 aromatic heterocycles. The first-order chi connectivity index (χ1) is 13.7. The van der Waals surface area contributed by atoms with Crippen molar-refractivity contribution in [2.24, 2.45) is 22.7 Å². The molecule has 6 nitrogen and oxygen atoms in total. The van der Waals surface area contributed by atoms with E-state index in [0.717, 1.165) is 17.9 Å². The molecule has 1 aromatic rings. The van der Waals surface area contributed by atoms with Crippen molar-refractivity contribution in [3.63, 3.8) is 0 Å². The number of benzene rings is 1. The number of imide groups is 1. The number of rotatable bonds is 3. The van der Waals surface area contributed by atoms with Crippen molar-refractivity contribution in [3.05, 3.63) is 28.2 Å². The van der Waals surface area contributed by atoms with Gasteiger partial charge in [-0.1, -0.05) is 44.0 Å². The summed E-state index contributed by atoms with van der Waals surface area (Å²) in [6.07, 6.45) is 0.621. The van der Waals surface area contributed by atoms with E-state index in [9.17, 15) is 14.4 Å². The predicted octanol–water partition coefficient (Wildman–Crippen LogP) is 5.73. The maximum Gasteiger partial charge on any atom is 0.436 e.